The van der Waals surface area contributed by atoms with Crippen molar-refractivity contribution in [2.75, 3.05) is 17.3 Å². The Labute approximate surface area is 120 Å². The second-order valence-corrected chi connectivity index (χ2v) is 4.32. The van der Waals surface area contributed by atoms with Gasteiger partial charge in [0.1, 0.15) is 5.82 Å². The number of hydrogen-bond acceptors (Lipinski definition) is 2. The van der Waals surface area contributed by atoms with Gasteiger partial charge in [0.2, 0.25) is 0 Å². The molecule has 0 saturated heterocycles. The van der Waals surface area contributed by atoms with Crippen LogP contribution in [0.4, 0.5) is 20.6 Å². The normalized spacial score (nSPS) is 10.0. The molecular formula is C15H13FN2O3. The highest BCUT2D eigenvalue weighted by atomic mass is 19.1. The molecule has 0 saturated carbocycles. The highest BCUT2D eigenvalue weighted by Crippen LogP contribution is 2.17. The van der Waals surface area contributed by atoms with E-state index in [-0.39, 0.29) is 5.69 Å². The summed E-state index contributed by atoms with van der Waals surface area (Å²) in [5.41, 5.74) is 0.396. The number of aromatic carboxylic acids is 1. The van der Waals surface area contributed by atoms with Crippen molar-refractivity contribution in [3.8, 4) is 0 Å². The van der Waals surface area contributed by atoms with Crippen LogP contribution in [0.1, 0.15) is 10.4 Å². The second-order valence-electron chi connectivity index (χ2n) is 4.32. The monoisotopic (exact) mass is 288 g/mol. The quantitative estimate of drug-likeness (QED) is 0.911. The number of anilines is 2. The molecule has 6 heteroatoms. The Kier molecular flexibility index (Phi) is 4.18. The van der Waals surface area contributed by atoms with Crippen molar-refractivity contribution < 1.29 is 19.1 Å². The lowest BCUT2D eigenvalue weighted by Crippen LogP contribution is -2.31. The van der Waals surface area contributed by atoms with E-state index in [1.807, 2.05) is 6.07 Å². The van der Waals surface area contributed by atoms with Crippen LogP contribution in [0.3, 0.4) is 0 Å². The van der Waals surface area contributed by atoms with Gasteiger partial charge in [-0.3, -0.25) is 4.90 Å². The number of urea groups is 1. The lowest BCUT2D eigenvalue weighted by molar-refractivity contribution is 0.0692. The number of amides is 2. The third kappa shape index (κ3) is 3.36. The number of carboxylic acids is 1. The zero-order chi connectivity index (χ0) is 15.4. The van der Waals surface area contributed by atoms with Crippen LogP contribution in [0, 0.1) is 5.82 Å². The lowest BCUT2D eigenvalue weighted by atomic mass is 10.2. The molecule has 0 spiro atoms. The molecule has 0 aliphatic heterocycles. The van der Waals surface area contributed by atoms with E-state index in [1.54, 1.807) is 31.3 Å². The minimum Gasteiger partial charge on any atom is -0.478 e. The van der Waals surface area contributed by atoms with Gasteiger partial charge < -0.3 is 10.4 Å². The first-order chi connectivity index (χ1) is 9.99. The number of para-hydroxylation sites is 1. The van der Waals surface area contributed by atoms with E-state index in [4.69, 9.17) is 5.11 Å². The zero-order valence-electron chi connectivity index (χ0n) is 11.2. The highest BCUT2D eigenvalue weighted by molar-refractivity contribution is 6.02. The maximum Gasteiger partial charge on any atom is 0.338 e. The van der Waals surface area contributed by atoms with Gasteiger partial charge in [0.05, 0.1) is 5.56 Å². The van der Waals surface area contributed by atoms with Crippen molar-refractivity contribution in [3.05, 3.63) is 59.9 Å². The minimum absolute atomic E-state index is 0.210. The van der Waals surface area contributed by atoms with E-state index in [1.165, 1.54) is 11.0 Å². The van der Waals surface area contributed by atoms with Crippen molar-refractivity contribution in [1.82, 2.24) is 0 Å². The van der Waals surface area contributed by atoms with Gasteiger partial charge in [-0.05, 0) is 30.3 Å². The largest absolute Gasteiger partial charge is 0.478 e. The molecule has 2 amide bonds. The maximum absolute atomic E-state index is 13.3. The fourth-order valence-electron chi connectivity index (χ4n) is 1.74. The Morgan fingerprint density at radius 1 is 1.14 bits per heavy atom. The van der Waals surface area contributed by atoms with Gasteiger partial charge in [-0.25, -0.2) is 14.0 Å². The van der Waals surface area contributed by atoms with Crippen molar-refractivity contribution in [3.63, 3.8) is 0 Å². The third-order valence-electron chi connectivity index (χ3n) is 2.90. The topological polar surface area (TPSA) is 69.6 Å². The second kappa shape index (κ2) is 6.04. The van der Waals surface area contributed by atoms with Crippen molar-refractivity contribution >= 4 is 23.4 Å². The highest BCUT2D eigenvalue weighted by Gasteiger charge is 2.14. The molecule has 0 atom stereocenters. The molecule has 5 nitrogen and oxygen atoms in total. The predicted octanol–water partition coefficient (Wildman–Crippen LogP) is 3.19. The Morgan fingerprint density at radius 2 is 1.81 bits per heavy atom. The minimum atomic E-state index is -1.39. The zero-order valence-corrected chi connectivity index (χ0v) is 11.2. The Bertz CT molecular complexity index is 674. The number of nitrogens with one attached hydrogen (secondary N) is 1. The van der Waals surface area contributed by atoms with Crippen LogP contribution in [-0.4, -0.2) is 24.2 Å². The van der Waals surface area contributed by atoms with Crippen molar-refractivity contribution in [2.45, 2.75) is 0 Å². The van der Waals surface area contributed by atoms with Crippen LogP contribution in [0.5, 0.6) is 0 Å². The summed E-state index contributed by atoms with van der Waals surface area (Å²) in [7, 11) is 1.58. The molecule has 0 radical (unpaired) electrons. The molecule has 2 N–H and O–H groups in total. The summed E-state index contributed by atoms with van der Waals surface area (Å²) < 4.78 is 13.3. The first-order valence-corrected chi connectivity index (χ1v) is 6.11. The molecule has 0 aliphatic carbocycles. The first kappa shape index (κ1) is 14.5. The van der Waals surface area contributed by atoms with E-state index in [0.29, 0.717) is 5.69 Å². The number of hydrogen-bond donors (Lipinski definition) is 2. The molecule has 108 valence electrons. The van der Waals surface area contributed by atoms with Crippen LogP contribution in [0.2, 0.25) is 0 Å². The maximum atomic E-state index is 13.3. The van der Waals surface area contributed by atoms with Crippen molar-refractivity contribution in [1.29, 1.82) is 0 Å². The smallest absolute Gasteiger partial charge is 0.338 e. The average Bonchev–Trinajstić information content (AvgIpc) is 2.49. The number of nitrogens with zero attached hydrogens (tertiary/aromatic N) is 1. The van der Waals surface area contributed by atoms with Crippen LogP contribution >= 0.6 is 0 Å². The molecular weight excluding hydrogens is 275 g/mol. The van der Waals surface area contributed by atoms with Gasteiger partial charge >= 0.3 is 12.0 Å². The SMILES string of the molecule is CN(C(=O)Nc1ccc(F)c(C(=O)O)c1)c1ccccc1. The van der Waals surface area contributed by atoms with Gasteiger partial charge in [-0.15, -0.1) is 0 Å². The molecule has 2 aromatic rings. The van der Waals surface area contributed by atoms with Crippen molar-refractivity contribution in [2.24, 2.45) is 0 Å². The molecule has 0 fully saturated rings. The Hall–Kier alpha value is -2.89. The molecule has 0 aliphatic rings. The van der Waals surface area contributed by atoms with E-state index in [2.05, 4.69) is 5.32 Å². The summed E-state index contributed by atoms with van der Waals surface area (Å²) in [6, 6.07) is 11.9. The number of rotatable bonds is 3. The number of carboxylic acid groups (broad SMARTS) is 1. The van der Waals surface area contributed by atoms with Gasteiger partial charge in [0.15, 0.2) is 0 Å². The van der Waals surface area contributed by atoms with Crippen LogP contribution < -0.4 is 10.2 Å². The predicted molar refractivity (Wildman–Crippen MR) is 77.2 cm³/mol. The van der Waals surface area contributed by atoms with Gasteiger partial charge in [-0.1, -0.05) is 18.2 Å². The van der Waals surface area contributed by atoms with Crippen LogP contribution in [0.25, 0.3) is 0 Å². The molecule has 21 heavy (non-hydrogen) atoms. The third-order valence-corrected chi connectivity index (χ3v) is 2.90. The standard InChI is InChI=1S/C15H13FN2O3/c1-18(11-5-3-2-4-6-11)15(21)17-10-7-8-13(16)12(9-10)14(19)20/h2-9H,1H3,(H,17,21)(H,19,20). The summed E-state index contributed by atoms with van der Waals surface area (Å²) in [5.74, 6) is -2.24. The number of halogens is 1. The van der Waals surface area contributed by atoms with E-state index in [9.17, 15) is 14.0 Å². The summed E-state index contributed by atoms with van der Waals surface area (Å²) in [6.45, 7) is 0. The molecule has 2 aromatic carbocycles. The van der Waals surface area contributed by atoms with Crippen LogP contribution in [-0.2, 0) is 0 Å². The lowest BCUT2D eigenvalue weighted by Gasteiger charge is -2.18. The fourth-order valence-corrected chi connectivity index (χ4v) is 1.74. The number of carbonyl (C=O) groups is 2. The summed E-state index contributed by atoms with van der Waals surface area (Å²) >= 11 is 0. The Balaban J connectivity index is 2.16. The molecule has 0 unspecified atom stereocenters. The fraction of sp³-hybridized carbons (Fsp3) is 0.0667. The Morgan fingerprint density at radius 3 is 2.43 bits per heavy atom. The van der Waals surface area contributed by atoms with E-state index >= 15 is 0 Å². The molecule has 0 bridgehead atoms. The summed E-state index contributed by atoms with van der Waals surface area (Å²) in [6.07, 6.45) is 0. The first-order valence-electron chi connectivity index (χ1n) is 6.11. The average molecular weight is 288 g/mol. The number of carbonyl (C=O) groups excluding carboxylic acids is 1. The van der Waals surface area contributed by atoms with E-state index in [0.717, 1.165) is 12.1 Å². The van der Waals surface area contributed by atoms with Crippen LogP contribution in [0.15, 0.2) is 48.5 Å². The molecule has 2 rings (SSSR count). The van der Waals surface area contributed by atoms with Gasteiger partial charge in [0.25, 0.3) is 0 Å². The molecule has 0 aromatic heterocycles. The van der Waals surface area contributed by atoms with E-state index < -0.39 is 23.4 Å². The summed E-state index contributed by atoms with van der Waals surface area (Å²) in [4.78, 5) is 24.3. The number of benzene rings is 2. The van der Waals surface area contributed by atoms with Gasteiger partial charge in [0, 0.05) is 18.4 Å². The van der Waals surface area contributed by atoms with Gasteiger partial charge in [-0.2, -0.15) is 0 Å². The summed E-state index contributed by atoms with van der Waals surface area (Å²) in [5, 5.41) is 11.4. The molecule has 0 heterocycles.